The lowest BCUT2D eigenvalue weighted by Gasteiger charge is -2.37. The molecule has 1 amide bonds. The second-order valence-corrected chi connectivity index (χ2v) is 8.32. The number of aryl methyl sites for hydroxylation is 3. The fraction of sp³-hybridized carbons (Fsp3) is 0.417. The fourth-order valence-electron chi connectivity index (χ4n) is 4.36. The van der Waals surface area contributed by atoms with E-state index in [1.165, 1.54) is 22.4 Å². The van der Waals surface area contributed by atoms with E-state index in [1.54, 1.807) is 0 Å². The first-order valence-electron chi connectivity index (χ1n) is 10.0. The third-order valence-electron chi connectivity index (χ3n) is 6.29. The molecular formula is C24H27N3O. The molecule has 1 aliphatic carbocycles. The molecule has 1 saturated heterocycles. The maximum Gasteiger partial charge on any atom is 0.243 e. The van der Waals surface area contributed by atoms with Crippen molar-refractivity contribution in [3.63, 3.8) is 0 Å². The summed E-state index contributed by atoms with van der Waals surface area (Å²) >= 11 is 0. The average Bonchev–Trinajstić information content (AvgIpc) is 3.46. The number of amides is 1. The molecule has 4 heteroatoms. The quantitative estimate of drug-likeness (QED) is 0.818. The summed E-state index contributed by atoms with van der Waals surface area (Å²) in [6.07, 6.45) is 0.641. The molecule has 2 atom stereocenters. The zero-order valence-electron chi connectivity index (χ0n) is 16.9. The molecule has 4 rings (SSSR count). The number of piperazine rings is 1. The first-order chi connectivity index (χ1) is 13.4. The molecule has 0 spiro atoms. The number of carbonyl (C=O) groups excluding carboxylic acids is 1. The van der Waals surface area contributed by atoms with Gasteiger partial charge in [0.25, 0.3) is 0 Å². The molecule has 0 radical (unpaired) electrons. The predicted octanol–water partition coefficient (Wildman–Crippen LogP) is 3.96. The molecule has 2 aromatic carbocycles. The third kappa shape index (κ3) is 3.16. The van der Waals surface area contributed by atoms with E-state index in [1.807, 2.05) is 4.90 Å². The summed E-state index contributed by atoms with van der Waals surface area (Å²) in [6.45, 7) is 9.27. The van der Waals surface area contributed by atoms with E-state index in [0.717, 1.165) is 18.7 Å². The molecular weight excluding hydrogens is 346 g/mol. The smallest absolute Gasteiger partial charge is 0.243 e. The van der Waals surface area contributed by atoms with E-state index in [0.29, 0.717) is 19.5 Å². The van der Waals surface area contributed by atoms with Crippen LogP contribution >= 0.6 is 0 Å². The molecule has 4 nitrogen and oxygen atoms in total. The van der Waals surface area contributed by atoms with Crippen molar-refractivity contribution in [1.82, 2.24) is 4.90 Å². The highest BCUT2D eigenvalue weighted by atomic mass is 16.2. The van der Waals surface area contributed by atoms with E-state index in [-0.39, 0.29) is 11.8 Å². The largest absolute Gasteiger partial charge is 0.368 e. The van der Waals surface area contributed by atoms with Crippen molar-refractivity contribution in [2.24, 2.45) is 5.41 Å². The molecule has 2 aromatic rings. The van der Waals surface area contributed by atoms with Crippen molar-refractivity contribution in [1.29, 1.82) is 5.26 Å². The van der Waals surface area contributed by atoms with E-state index < -0.39 is 5.41 Å². The zero-order valence-corrected chi connectivity index (χ0v) is 16.9. The number of hydrogen-bond donors (Lipinski definition) is 0. The number of anilines is 1. The van der Waals surface area contributed by atoms with Gasteiger partial charge in [-0.25, -0.2) is 0 Å². The maximum atomic E-state index is 13.2. The van der Waals surface area contributed by atoms with Crippen LogP contribution < -0.4 is 4.90 Å². The predicted molar refractivity (Wildman–Crippen MR) is 111 cm³/mol. The Morgan fingerprint density at radius 1 is 1.00 bits per heavy atom. The van der Waals surface area contributed by atoms with Crippen LogP contribution in [0.2, 0.25) is 0 Å². The van der Waals surface area contributed by atoms with Crippen molar-refractivity contribution in [3.05, 3.63) is 64.7 Å². The molecule has 0 N–H and O–H groups in total. The molecule has 0 bridgehead atoms. The van der Waals surface area contributed by atoms with E-state index in [9.17, 15) is 10.1 Å². The van der Waals surface area contributed by atoms with Crippen molar-refractivity contribution in [3.8, 4) is 6.07 Å². The molecule has 144 valence electrons. The Balaban J connectivity index is 1.44. The molecule has 1 aliphatic heterocycles. The van der Waals surface area contributed by atoms with Gasteiger partial charge in [0, 0.05) is 37.8 Å². The van der Waals surface area contributed by atoms with Gasteiger partial charge in [-0.05, 0) is 49.9 Å². The van der Waals surface area contributed by atoms with Crippen molar-refractivity contribution < 1.29 is 4.79 Å². The van der Waals surface area contributed by atoms with Gasteiger partial charge in [-0.3, -0.25) is 4.79 Å². The monoisotopic (exact) mass is 373 g/mol. The Kier molecular flexibility index (Phi) is 4.63. The third-order valence-corrected chi connectivity index (χ3v) is 6.29. The van der Waals surface area contributed by atoms with Crippen molar-refractivity contribution in [2.45, 2.75) is 33.1 Å². The summed E-state index contributed by atoms with van der Waals surface area (Å²) in [5.41, 5.74) is 5.21. The van der Waals surface area contributed by atoms with Crippen LogP contribution in [0.5, 0.6) is 0 Å². The normalized spacial score (nSPS) is 24.0. The number of benzene rings is 2. The molecule has 2 aliphatic rings. The van der Waals surface area contributed by atoms with E-state index >= 15 is 0 Å². The Bertz CT molecular complexity index is 935. The Morgan fingerprint density at radius 3 is 2.29 bits per heavy atom. The number of rotatable bonds is 3. The maximum absolute atomic E-state index is 13.2. The van der Waals surface area contributed by atoms with Crippen LogP contribution in [0.1, 0.15) is 34.6 Å². The van der Waals surface area contributed by atoms with Crippen molar-refractivity contribution in [2.75, 3.05) is 31.1 Å². The van der Waals surface area contributed by atoms with Gasteiger partial charge in [0.2, 0.25) is 5.91 Å². The van der Waals surface area contributed by atoms with Gasteiger partial charge in [-0.1, -0.05) is 42.0 Å². The van der Waals surface area contributed by atoms with Crippen molar-refractivity contribution >= 4 is 11.6 Å². The summed E-state index contributed by atoms with van der Waals surface area (Å²) < 4.78 is 0. The van der Waals surface area contributed by atoms with Crippen LogP contribution in [-0.2, 0) is 4.79 Å². The fourth-order valence-corrected chi connectivity index (χ4v) is 4.36. The SMILES string of the molecule is Cc1ccc(C2C[C@@]2(C#N)C(=O)N2CCN(c3cc(C)ccc3C)CC2)cc1. The summed E-state index contributed by atoms with van der Waals surface area (Å²) in [4.78, 5) is 17.5. The molecule has 1 unspecified atom stereocenters. The van der Waals surface area contributed by atoms with E-state index in [2.05, 4.69) is 74.2 Å². The Labute approximate surface area is 167 Å². The Morgan fingerprint density at radius 2 is 1.64 bits per heavy atom. The summed E-state index contributed by atoms with van der Waals surface area (Å²) in [5.74, 6) is 0.0452. The van der Waals surface area contributed by atoms with Gasteiger partial charge < -0.3 is 9.80 Å². The van der Waals surface area contributed by atoms with Crippen LogP contribution in [0.15, 0.2) is 42.5 Å². The zero-order chi connectivity index (χ0) is 19.9. The van der Waals surface area contributed by atoms with Gasteiger partial charge in [0.15, 0.2) is 0 Å². The second-order valence-electron chi connectivity index (χ2n) is 8.32. The van der Waals surface area contributed by atoms with Crippen LogP contribution in [0.4, 0.5) is 5.69 Å². The summed E-state index contributed by atoms with van der Waals surface area (Å²) in [6, 6.07) is 17.1. The minimum absolute atomic E-state index is 0.0150. The molecule has 28 heavy (non-hydrogen) atoms. The minimum Gasteiger partial charge on any atom is -0.368 e. The lowest BCUT2D eigenvalue weighted by atomic mass is 9.97. The Hall–Kier alpha value is -2.80. The first kappa shape index (κ1) is 18.6. The van der Waals surface area contributed by atoms with Crippen LogP contribution in [0.25, 0.3) is 0 Å². The highest BCUT2D eigenvalue weighted by Gasteiger charge is 2.62. The number of nitrogens with zero attached hydrogens (tertiary/aromatic N) is 3. The van der Waals surface area contributed by atoms with Crippen LogP contribution in [0, 0.1) is 37.5 Å². The lowest BCUT2D eigenvalue weighted by Crippen LogP contribution is -2.51. The molecule has 0 aromatic heterocycles. The summed E-state index contributed by atoms with van der Waals surface area (Å²) in [7, 11) is 0. The number of nitriles is 1. The highest BCUT2D eigenvalue weighted by molar-refractivity contribution is 5.90. The minimum atomic E-state index is -0.864. The van der Waals surface area contributed by atoms with Gasteiger partial charge in [0.1, 0.15) is 5.41 Å². The molecule has 1 saturated carbocycles. The van der Waals surface area contributed by atoms with Gasteiger partial charge in [-0.2, -0.15) is 5.26 Å². The van der Waals surface area contributed by atoms with Gasteiger partial charge in [-0.15, -0.1) is 0 Å². The lowest BCUT2D eigenvalue weighted by molar-refractivity contribution is -0.135. The average molecular weight is 374 g/mol. The van der Waals surface area contributed by atoms with Gasteiger partial charge in [0.05, 0.1) is 6.07 Å². The first-order valence-corrected chi connectivity index (χ1v) is 10.0. The topological polar surface area (TPSA) is 47.3 Å². The van der Waals surface area contributed by atoms with E-state index in [4.69, 9.17) is 0 Å². The summed E-state index contributed by atoms with van der Waals surface area (Å²) in [5, 5.41) is 9.83. The van der Waals surface area contributed by atoms with Gasteiger partial charge >= 0.3 is 0 Å². The highest BCUT2D eigenvalue weighted by Crippen LogP contribution is 2.60. The standard InChI is InChI=1S/C24H27N3O/c1-17-5-8-20(9-6-17)21-15-24(21,16-25)23(28)27-12-10-26(11-13-27)22-14-18(2)4-7-19(22)3/h4-9,14,21H,10-13,15H2,1-3H3/t21?,24-/m0/s1. The molecule has 2 fully saturated rings. The van der Waals surface area contributed by atoms with Crippen LogP contribution in [0.3, 0.4) is 0 Å². The number of hydrogen-bond acceptors (Lipinski definition) is 3. The number of carbonyl (C=O) groups is 1. The van der Waals surface area contributed by atoms with Crippen LogP contribution in [-0.4, -0.2) is 37.0 Å². The second kappa shape index (κ2) is 6.98. The molecule has 1 heterocycles.